The summed E-state index contributed by atoms with van der Waals surface area (Å²) in [5.74, 6) is 0. The van der Waals surface area contributed by atoms with Crippen LogP contribution in [0.25, 0.3) is 6.08 Å². The first-order valence-electron chi connectivity index (χ1n) is 4.51. The lowest BCUT2D eigenvalue weighted by Gasteiger charge is -1.99. The molecule has 0 unspecified atom stereocenters. The van der Waals surface area contributed by atoms with E-state index in [0.29, 0.717) is 0 Å². The van der Waals surface area contributed by atoms with E-state index >= 15 is 0 Å². The predicted molar refractivity (Wildman–Crippen MR) is 60.5 cm³/mol. The molecule has 0 atom stereocenters. The number of aryl methyl sites for hydroxylation is 1. The van der Waals surface area contributed by atoms with Gasteiger partial charge in [0.15, 0.2) is 0 Å². The predicted octanol–water partition coefficient (Wildman–Crippen LogP) is 3.66. The van der Waals surface area contributed by atoms with E-state index in [9.17, 15) is 0 Å². The molecule has 0 fully saturated rings. The van der Waals surface area contributed by atoms with Crippen molar-refractivity contribution in [3.63, 3.8) is 0 Å². The average Bonchev–Trinajstić information content (AvgIpc) is 2.20. The lowest BCUT2D eigenvalue weighted by atomic mass is 10.1. The zero-order valence-electron chi connectivity index (χ0n) is 8.59. The summed E-state index contributed by atoms with van der Waals surface area (Å²) in [4.78, 5) is 0. The summed E-state index contributed by atoms with van der Waals surface area (Å²) < 4.78 is 0. The highest BCUT2D eigenvalue weighted by atomic mass is 14.3. The van der Waals surface area contributed by atoms with Gasteiger partial charge >= 0.3 is 0 Å². The first-order valence-corrected chi connectivity index (χ1v) is 4.51. The quantitative estimate of drug-likeness (QED) is 0.663. The van der Waals surface area contributed by atoms with Crippen molar-refractivity contribution in [2.75, 3.05) is 0 Å². The van der Waals surface area contributed by atoms with E-state index < -0.39 is 0 Å². The monoisotopic (exact) mass is 175 g/mol. The molecular weight excluding hydrogens is 158 g/mol. The first kappa shape index (κ1) is 11.6. The zero-order valence-corrected chi connectivity index (χ0v) is 8.59. The highest BCUT2D eigenvalue weighted by Gasteiger charge is 1.94. The van der Waals surface area contributed by atoms with Crippen molar-refractivity contribution in [2.24, 2.45) is 0 Å². The van der Waals surface area contributed by atoms with Crippen LogP contribution in [0.4, 0.5) is 0 Å². The van der Waals surface area contributed by atoms with Crippen LogP contribution in [0.2, 0.25) is 0 Å². The SMILES string of the molecule is C=Cc1cc(C)ccc1C=N.CC. The van der Waals surface area contributed by atoms with Gasteiger partial charge in [0.05, 0.1) is 0 Å². The lowest BCUT2D eigenvalue weighted by molar-refractivity contribution is 1.44. The van der Waals surface area contributed by atoms with Crippen molar-refractivity contribution in [1.82, 2.24) is 0 Å². The van der Waals surface area contributed by atoms with E-state index in [4.69, 9.17) is 5.41 Å². The van der Waals surface area contributed by atoms with Crippen LogP contribution in [0, 0.1) is 12.3 Å². The Morgan fingerprint density at radius 1 is 1.23 bits per heavy atom. The molecule has 0 spiro atoms. The molecule has 1 nitrogen and oxygen atoms in total. The standard InChI is InChI=1S/C10H11N.C2H6/c1-3-9-6-8(2)4-5-10(9)7-11;1-2/h3-7,11H,1H2,2H3;1-2H3. The summed E-state index contributed by atoms with van der Waals surface area (Å²) in [6.07, 6.45) is 3.11. The maximum absolute atomic E-state index is 7.09. The molecule has 0 radical (unpaired) electrons. The molecule has 0 saturated carbocycles. The number of rotatable bonds is 2. The van der Waals surface area contributed by atoms with Crippen LogP contribution in [0.1, 0.15) is 30.5 Å². The van der Waals surface area contributed by atoms with Crippen molar-refractivity contribution < 1.29 is 0 Å². The number of hydrogen-bond acceptors (Lipinski definition) is 1. The molecule has 0 aliphatic heterocycles. The van der Waals surface area contributed by atoms with E-state index in [2.05, 4.69) is 6.58 Å². The molecule has 0 aliphatic rings. The molecule has 1 rings (SSSR count). The summed E-state index contributed by atoms with van der Waals surface area (Å²) >= 11 is 0. The molecule has 70 valence electrons. The molecule has 13 heavy (non-hydrogen) atoms. The van der Waals surface area contributed by atoms with Crippen LogP contribution in [-0.2, 0) is 0 Å². The third kappa shape index (κ3) is 3.24. The summed E-state index contributed by atoms with van der Waals surface area (Å²) in [5, 5.41) is 7.09. The van der Waals surface area contributed by atoms with E-state index in [1.165, 1.54) is 11.8 Å². The van der Waals surface area contributed by atoms with Gasteiger partial charge in [-0.1, -0.05) is 50.3 Å². The number of hydrogen-bond donors (Lipinski definition) is 1. The second kappa shape index (κ2) is 6.18. The minimum atomic E-state index is 0.922. The van der Waals surface area contributed by atoms with Crippen LogP contribution < -0.4 is 0 Å². The Balaban J connectivity index is 0.000000671. The topological polar surface area (TPSA) is 23.9 Å². The molecule has 1 heteroatoms. The maximum Gasteiger partial charge on any atom is 0.0256 e. The van der Waals surface area contributed by atoms with Gasteiger partial charge in [0.2, 0.25) is 0 Å². The average molecular weight is 175 g/mol. The number of benzene rings is 1. The summed E-state index contributed by atoms with van der Waals surface area (Å²) in [7, 11) is 0. The Morgan fingerprint density at radius 3 is 2.31 bits per heavy atom. The second-order valence-electron chi connectivity index (χ2n) is 2.48. The maximum atomic E-state index is 7.09. The Labute approximate surface area is 80.6 Å². The van der Waals surface area contributed by atoms with Crippen molar-refractivity contribution in [2.45, 2.75) is 20.8 Å². The van der Waals surface area contributed by atoms with Crippen molar-refractivity contribution in [1.29, 1.82) is 5.41 Å². The van der Waals surface area contributed by atoms with E-state index in [1.54, 1.807) is 6.08 Å². The fourth-order valence-corrected chi connectivity index (χ4v) is 1.00. The molecule has 1 N–H and O–H groups in total. The third-order valence-electron chi connectivity index (χ3n) is 1.62. The van der Waals surface area contributed by atoms with Crippen LogP contribution in [0.15, 0.2) is 24.8 Å². The molecule has 0 saturated heterocycles. The van der Waals surface area contributed by atoms with Gasteiger partial charge in [0.1, 0.15) is 0 Å². The van der Waals surface area contributed by atoms with Gasteiger partial charge in [-0.15, -0.1) is 0 Å². The van der Waals surface area contributed by atoms with Gasteiger partial charge in [0.25, 0.3) is 0 Å². The largest absolute Gasteiger partial charge is 0.308 e. The zero-order chi connectivity index (χ0) is 10.3. The fraction of sp³-hybridized carbons (Fsp3) is 0.250. The Morgan fingerprint density at radius 2 is 1.85 bits per heavy atom. The lowest BCUT2D eigenvalue weighted by Crippen LogP contribution is -1.85. The fourth-order valence-electron chi connectivity index (χ4n) is 1.00. The van der Waals surface area contributed by atoms with Crippen molar-refractivity contribution in [3.8, 4) is 0 Å². The van der Waals surface area contributed by atoms with Gasteiger partial charge in [0, 0.05) is 6.21 Å². The smallest absolute Gasteiger partial charge is 0.0256 e. The Bertz CT molecular complexity index is 287. The highest BCUT2D eigenvalue weighted by molar-refractivity contribution is 5.83. The van der Waals surface area contributed by atoms with Crippen molar-refractivity contribution >= 4 is 12.3 Å². The Kier molecular flexibility index (Phi) is 5.53. The molecule has 0 aromatic heterocycles. The minimum absolute atomic E-state index is 0.922. The van der Waals surface area contributed by atoms with E-state index in [-0.39, 0.29) is 0 Å². The van der Waals surface area contributed by atoms with Gasteiger partial charge < -0.3 is 5.41 Å². The number of nitrogens with one attached hydrogen (secondary N) is 1. The molecule has 0 amide bonds. The van der Waals surface area contributed by atoms with E-state index in [0.717, 1.165) is 11.1 Å². The normalized spacial score (nSPS) is 8.23. The van der Waals surface area contributed by atoms with Crippen molar-refractivity contribution in [3.05, 3.63) is 41.5 Å². The van der Waals surface area contributed by atoms with Gasteiger partial charge in [-0.3, -0.25) is 0 Å². The van der Waals surface area contributed by atoms with Gasteiger partial charge in [-0.05, 0) is 18.1 Å². The molecule has 1 aromatic rings. The molecule has 0 aliphatic carbocycles. The molecule has 1 aromatic carbocycles. The third-order valence-corrected chi connectivity index (χ3v) is 1.62. The highest BCUT2D eigenvalue weighted by Crippen LogP contribution is 2.10. The minimum Gasteiger partial charge on any atom is -0.308 e. The van der Waals surface area contributed by atoms with Gasteiger partial charge in [-0.2, -0.15) is 0 Å². The van der Waals surface area contributed by atoms with Crippen LogP contribution in [0.5, 0.6) is 0 Å². The molecule has 0 heterocycles. The Hall–Kier alpha value is -1.37. The second-order valence-corrected chi connectivity index (χ2v) is 2.48. The summed E-state index contributed by atoms with van der Waals surface area (Å²) in [5.41, 5.74) is 3.15. The van der Waals surface area contributed by atoms with E-state index in [1.807, 2.05) is 39.0 Å². The molecule has 0 bridgehead atoms. The first-order chi connectivity index (χ1) is 6.27. The summed E-state index contributed by atoms with van der Waals surface area (Å²) in [6.45, 7) is 9.71. The van der Waals surface area contributed by atoms with Crippen LogP contribution in [-0.4, -0.2) is 6.21 Å². The van der Waals surface area contributed by atoms with Crippen LogP contribution >= 0.6 is 0 Å². The molecular formula is C12H17N. The van der Waals surface area contributed by atoms with Gasteiger partial charge in [-0.25, -0.2) is 0 Å². The van der Waals surface area contributed by atoms with Crippen LogP contribution in [0.3, 0.4) is 0 Å². The summed E-state index contributed by atoms with van der Waals surface area (Å²) in [6, 6.07) is 5.94.